The zero-order valence-electron chi connectivity index (χ0n) is 16.8. The Morgan fingerprint density at radius 3 is 2.37 bits per heavy atom. The molecule has 7 heteroatoms. The lowest BCUT2D eigenvalue weighted by atomic mass is 10.1. The number of aromatic amines is 1. The number of aromatic nitrogens is 3. The van der Waals surface area contributed by atoms with Gasteiger partial charge >= 0.3 is 0 Å². The smallest absolute Gasteiger partial charge is 0.247 e. The Morgan fingerprint density at radius 2 is 1.73 bits per heavy atom. The molecule has 1 N–H and O–H groups in total. The quantitative estimate of drug-likeness (QED) is 0.445. The molecule has 0 aliphatic rings. The minimum atomic E-state index is -0.110. The fraction of sp³-hybridized carbons (Fsp3) is 0.174. The molecule has 2 heterocycles. The van der Waals surface area contributed by atoms with Crippen molar-refractivity contribution < 1.29 is 9.21 Å². The van der Waals surface area contributed by atoms with Crippen LogP contribution >= 0.6 is 12.2 Å². The van der Waals surface area contributed by atoms with Gasteiger partial charge in [-0.1, -0.05) is 47.5 Å². The van der Waals surface area contributed by atoms with Crippen molar-refractivity contribution in [2.45, 2.75) is 26.9 Å². The van der Waals surface area contributed by atoms with E-state index >= 15 is 0 Å². The SMILES string of the molecule is Cc1ccc(-c2n[nH]c(=S)n2CC(=O)N(Cc2ccco2)c2ccc(C)cc2)cc1. The number of anilines is 1. The highest BCUT2D eigenvalue weighted by molar-refractivity contribution is 7.71. The van der Waals surface area contributed by atoms with Crippen LogP contribution in [0.2, 0.25) is 0 Å². The van der Waals surface area contributed by atoms with Gasteiger partial charge in [-0.05, 0) is 50.3 Å². The normalized spacial score (nSPS) is 10.9. The van der Waals surface area contributed by atoms with Crippen molar-refractivity contribution in [2.24, 2.45) is 0 Å². The van der Waals surface area contributed by atoms with Gasteiger partial charge in [-0.25, -0.2) is 0 Å². The number of carbonyl (C=O) groups is 1. The Morgan fingerprint density at radius 1 is 1.07 bits per heavy atom. The molecule has 4 rings (SSSR count). The number of nitrogens with zero attached hydrogens (tertiary/aromatic N) is 3. The third-order valence-corrected chi connectivity index (χ3v) is 5.21. The first-order chi connectivity index (χ1) is 14.5. The number of rotatable bonds is 6. The van der Waals surface area contributed by atoms with Crippen molar-refractivity contribution in [1.29, 1.82) is 0 Å². The predicted octanol–water partition coefficient (Wildman–Crippen LogP) is 5.05. The van der Waals surface area contributed by atoms with Crippen molar-refractivity contribution in [3.8, 4) is 11.4 Å². The van der Waals surface area contributed by atoms with Gasteiger partial charge in [0.1, 0.15) is 12.3 Å². The van der Waals surface area contributed by atoms with Crippen molar-refractivity contribution in [3.05, 3.63) is 88.6 Å². The first-order valence-corrected chi connectivity index (χ1v) is 10.0. The van der Waals surface area contributed by atoms with Crippen LogP contribution in [-0.4, -0.2) is 20.7 Å². The van der Waals surface area contributed by atoms with Crippen molar-refractivity contribution >= 4 is 23.8 Å². The van der Waals surface area contributed by atoms with E-state index in [0.29, 0.717) is 22.9 Å². The molecule has 0 bridgehead atoms. The van der Waals surface area contributed by atoms with E-state index in [4.69, 9.17) is 16.6 Å². The summed E-state index contributed by atoms with van der Waals surface area (Å²) in [6.07, 6.45) is 1.61. The third kappa shape index (κ3) is 4.26. The van der Waals surface area contributed by atoms with Crippen LogP contribution in [0.15, 0.2) is 71.3 Å². The maximum absolute atomic E-state index is 13.4. The molecule has 0 aliphatic carbocycles. The van der Waals surface area contributed by atoms with E-state index in [-0.39, 0.29) is 12.5 Å². The van der Waals surface area contributed by atoms with Gasteiger partial charge in [0.05, 0.1) is 12.8 Å². The highest BCUT2D eigenvalue weighted by atomic mass is 32.1. The fourth-order valence-electron chi connectivity index (χ4n) is 3.21. The summed E-state index contributed by atoms with van der Waals surface area (Å²) >= 11 is 5.41. The number of amides is 1. The molecule has 0 saturated heterocycles. The minimum Gasteiger partial charge on any atom is -0.467 e. The molecule has 2 aromatic heterocycles. The van der Waals surface area contributed by atoms with E-state index in [2.05, 4.69) is 10.2 Å². The van der Waals surface area contributed by atoms with Gasteiger partial charge in [0.2, 0.25) is 5.91 Å². The molecule has 0 atom stereocenters. The summed E-state index contributed by atoms with van der Waals surface area (Å²) in [7, 11) is 0. The van der Waals surface area contributed by atoms with Gasteiger partial charge in [0.15, 0.2) is 10.6 Å². The van der Waals surface area contributed by atoms with Crippen molar-refractivity contribution in [2.75, 3.05) is 4.90 Å². The number of hydrogen-bond donors (Lipinski definition) is 1. The summed E-state index contributed by atoms with van der Waals surface area (Å²) in [5.74, 6) is 1.23. The van der Waals surface area contributed by atoms with Gasteiger partial charge in [-0.2, -0.15) is 5.10 Å². The van der Waals surface area contributed by atoms with Crippen LogP contribution in [0.5, 0.6) is 0 Å². The summed E-state index contributed by atoms with van der Waals surface area (Å²) in [4.78, 5) is 15.1. The summed E-state index contributed by atoms with van der Waals surface area (Å²) in [5.41, 5.74) is 3.98. The Hall–Kier alpha value is -3.45. The number of hydrogen-bond acceptors (Lipinski definition) is 4. The van der Waals surface area contributed by atoms with E-state index in [1.54, 1.807) is 15.7 Å². The van der Waals surface area contributed by atoms with Crippen LogP contribution in [0.25, 0.3) is 11.4 Å². The Kier molecular flexibility index (Phi) is 5.63. The standard InChI is InChI=1S/C23H22N4O2S/c1-16-5-9-18(10-6-16)22-24-25-23(30)27(22)15-21(28)26(14-20-4-3-13-29-20)19-11-7-17(2)8-12-19/h3-13H,14-15H2,1-2H3,(H,25,30). The first kappa shape index (κ1) is 19.8. The second-order valence-electron chi connectivity index (χ2n) is 7.20. The summed E-state index contributed by atoms with van der Waals surface area (Å²) < 4.78 is 7.61. The topological polar surface area (TPSA) is 67.1 Å². The van der Waals surface area contributed by atoms with E-state index in [9.17, 15) is 4.79 Å². The Balaban J connectivity index is 1.66. The molecule has 2 aromatic carbocycles. The number of aryl methyl sites for hydroxylation is 2. The molecule has 0 radical (unpaired) electrons. The molecule has 0 spiro atoms. The van der Waals surface area contributed by atoms with Crippen LogP contribution in [-0.2, 0) is 17.9 Å². The van der Waals surface area contributed by atoms with E-state index in [0.717, 1.165) is 22.4 Å². The second-order valence-corrected chi connectivity index (χ2v) is 7.59. The zero-order valence-corrected chi connectivity index (χ0v) is 17.6. The molecule has 0 aliphatic heterocycles. The molecular formula is C23H22N4O2S. The predicted molar refractivity (Wildman–Crippen MR) is 119 cm³/mol. The van der Waals surface area contributed by atoms with E-state index in [1.165, 1.54) is 0 Å². The van der Waals surface area contributed by atoms with Crippen LogP contribution in [0.4, 0.5) is 5.69 Å². The van der Waals surface area contributed by atoms with Crippen molar-refractivity contribution in [1.82, 2.24) is 14.8 Å². The molecule has 152 valence electrons. The molecule has 1 amide bonds. The maximum Gasteiger partial charge on any atom is 0.247 e. The van der Waals surface area contributed by atoms with Crippen LogP contribution in [0.3, 0.4) is 0 Å². The zero-order chi connectivity index (χ0) is 21.1. The second kappa shape index (κ2) is 8.51. The molecule has 0 fully saturated rings. The highest BCUT2D eigenvalue weighted by Crippen LogP contribution is 2.22. The lowest BCUT2D eigenvalue weighted by Gasteiger charge is -2.22. The largest absolute Gasteiger partial charge is 0.467 e. The molecule has 4 aromatic rings. The van der Waals surface area contributed by atoms with Gasteiger partial charge < -0.3 is 9.32 Å². The number of benzene rings is 2. The number of H-pyrrole nitrogens is 1. The number of carbonyl (C=O) groups excluding carboxylic acids is 1. The number of furan rings is 1. The van der Waals surface area contributed by atoms with E-state index in [1.807, 2.05) is 74.5 Å². The van der Waals surface area contributed by atoms with Crippen LogP contribution in [0.1, 0.15) is 16.9 Å². The summed E-state index contributed by atoms with van der Waals surface area (Å²) in [6.45, 7) is 4.44. The molecular weight excluding hydrogens is 396 g/mol. The highest BCUT2D eigenvalue weighted by Gasteiger charge is 2.20. The van der Waals surface area contributed by atoms with Crippen LogP contribution < -0.4 is 4.90 Å². The van der Waals surface area contributed by atoms with E-state index < -0.39 is 0 Å². The van der Waals surface area contributed by atoms with Crippen molar-refractivity contribution in [3.63, 3.8) is 0 Å². The van der Waals surface area contributed by atoms with Gasteiger partial charge in [-0.3, -0.25) is 14.5 Å². The van der Waals surface area contributed by atoms with Gasteiger partial charge in [-0.15, -0.1) is 0 Å². The van der Waals surface area contributed by atoms with Crippen LogP contribution in [0, 0.1) is 18.6 Å². The molecule has 30 heavy (non-hydrogen) atoms. The molecule has 0 unspecified atom stereocenters. The maximum atomic E-state index is 13.4. The number of nitrogens with one attached hydrogen (secondary N) is 1. The third-order valence-electron chi connectivity index (χ3n) is 4.90. The molecule has 0 saturated carbocycles. The average Bonchev–Trinajstić information content (AvgIpc) is 3.38. The minimum absolute atomic E-state index is 0.0626. The fourth-order valence-corrected chi connectivity index (χ4v) is 3.41. The Bertz CT molecular complexity index is 1190. The lowest BCUT2D eigenvalue weighted by molar-refractivity contribution is -0.119. The lowest BCUT2D eigenvalue weighted by Crippen LogP contribution is -2.33. The first-order valence-electron chi connectivity index (χ1n) is 9.63. The van der Waals surface area contributed by atoms with Gasteiger partial charge in [0.25, 0.3) is 0 Å². The molecule has 6 nitrogen and oxygen atoms in total. The van der Waals surface area contributed by atoms with Gasteiger partial charge in [0, 0.05) is 11.3 Å². The summed E-state index contributed by atoms with van der Waals surface area (Å²) in [5, 5.41) is 7.16. The Labute approximate surface area is 179 Å². The average molecular weight is 419 g/mol. The monoisotopic (exact) mass is 418 g/mol. The summed E-state index contributed by atoms with van der Waals surface area (Å²) in [6, 6.07) is 19.5.